The van der Waals surface area contributed by atoms with Crippen LogP contribution >= 0.6 is 0 Å². The van der Waals surface area contributed by atoms with Gasteiger partial charge in [-0.2, -0.15) is 26.3 Å². The molecule has 0 aliphatic heterocycles. The molecule has 0 aromatic heterocycles. The maximum absolute atomic E-state index is 12.3. The fourth-order valence-electron chi connectivity index (χ4n) is 1.12. The molecule has 0 saturated heterocycles. The fourth-order valence-corrected chi connectivity index (χ4v) is 1.12. The third-order valence-corrected chi connectivity index (χ3v) is 1.69. The van der Waals surface area contributed by atoms with Crippen LogP contribution in [0.25, 0.3) is 0 Å². The van der Waals surface area contributed by atoms with Gasteiger partial charge in [0.2, 0.25) is 0 Å². The monoisotopic (exact) mass is 229 g/mol. The summed E-state index contributed by atoms with van der Waals surface area (Å²) in [5.74, 6) is 0. The van der Waals surface area contributed by atoms with Crippen molar-refractivity contribution in [2.24, 2.45) is 0 Å². The Morgan fingerprint density at radius 1 is 0.867 bits per heavy atom. The summed E-state index contributed by atoms with van der Waals surface area (Å²) in [4.78, 5) is 0. The third-order valence-electron chi connectivity index (χ3n) is 1.69. The number of halogens is 6. The van der Waals surface area contributed by atoms with Gasteiger partial charge in [0.25, 0.3) is 0 Å². The van der Waals surface area contributed by atoms with E-state index in [-0.39, 0.29) is 0 Å². The molecule has 0 unspecified atom stereocenters. The summed E-state index contributed by atoms with van der Waals surface area (Å²) in [5, 5.41) is 0. The highest BCUT2D eigenvalue weighted by atomic mass is 19.4. The van der Waals surface area contributed by atoms with Gasteiger partial charge in [-0.3, -0.25) is 0 Å². The average molecular weight is 229 g/mol. The number of rotatable bonds is 0. The second-order valence-corrected chi connectivity index (χ2v) is 2.77. The standard InChI is InChI=1S/C8H5F6N/c9-7(10,11)4-2-1-3-5(15)6(4)8(12,13)14/h1-3H,15H2. The highest BCUT2D eigenvalue weighted by Crippen LogP contribution is 2.42. The van der Waals surface area contributed by atoms with Crippen LogP contribution in [0, 0.1) is 0 Å². The van der Waals surface area contributed by atoms with Gasteiger partial charge < -0.3 is 5.73 Å². The van der Waals surface area contributed by atoms with Crippen molar-refractivity contribution in [3.63, 3.8) is 0 Å². The van der Waals surface area contributed by atoms with Crippen LogP contribution in [0.2, 0.25) is 0 Å². The van der Waals surface area contributed by atoms with Crippen LogP contribution in [0.15, 0.2) is 18.2 Å². The third kappa shape index (κ3) is 2.34. The van der Waals surface area contributed by atoms with Crippen LogP contribution in [0.5, 0.6) is 0 Å². The first kappa shape index (κ1) is 11.7. The molecule has 0 atom stereocenters. The first-order valence-corrected chi connectivity index (χ1v) is 3.67. The largest absolute Gasteiger partial charge is 0.418 e. The van der Waals surface area contributed by atoms with Crippen molar-refractivity contribution in [1.29, 1.82) is 0 Å². The molecule has 1 aromatic rings. The number of nitrogens with two attached hydrogens (primary N) is 1. The van der Waals surface area contributed by atoms with Gasteiger partial charge in [-0.05, 0) is 12.1 Å². The minimum atomic E-state index is -5.11. The molecule has 0 bridgehead atoms. The van der Waals surface area contributed by atoms with Gasteiger partial charge >= 0.3 is 12.4 Å². The summed E-state index contributed by atoms with van der Waals surface area (Å²) in [5.41, 5.74) is 0.347. The number of hydrogen-bond acceptors (Lipinski definition) is 1. The van der Waals surface area contributed by atoms with E-state index >= 15 is 0 Å². The summed E-state index contributed by atoms with van der Waals surface area (Å²) in [6, 6.07) is 1.95. The lowest BCUT2D eigenvalue weighted by molar-refractivity contribution is -0.161. The molecular weight excluding hydrogens is 224 g/mol. The molecule has 0 aliphatic rings. The highest BCUT2D eigenvalue weighted by Gasteiger charge is 2.44. The van der Waals surface area contributed by atoms with Gasteiger partial charge in [0.05, 0.1) is 11.1 Å². The second-order valence-electron chi connectivity index (χ2n) is 2.77. The molecule has 84 valence electrons. The summed E-state index contributed by atoms with van der Waals surface area (Å²) in [6.07, 6.45) is -10.2. The maximum Gasteiger partial charge on any atom is 0.418 e. The van der Waals surface area contributed by atoms with E-state index in [2.05, 4.69) is 0 Å². The Morgan fingerprint density at radius 3 is 1.73 bits per heavy atom. The number of benzene rings is 1. The van der Waals surface area contributed by atoms with E-state index in [1.54, 1.807) is 0 Å². The predicted octanol–water partition coefficient (Wildman–Crippen LogP) is 3.31. The van der Waals surface area contributed by atoms with E-state index in [0.29, 0.717) is 6.07 Å². The van der Waals surface area contributed by atoms with Crippen molar-refractivity contribution in [3.8, 4) is 0 Å². The van der Waals surface area contributed by atoms with E-state index in [9.17, 15) is 26.3 Å². The topological polar surface area (TPSA) is 26.0 Å². The Hall–Kier alpha value is -1.40. The Bertz CT molecular complexity index is 364. The van der Waals surface area contributed by atoms with Crippen molar-refractivity contribution >= 4 is 5.69 Å². The number of anilines is 1. The molecule has 0 amide bonds. The molecule has 0 heterocycles. The first-order valence-electron chi connectivity index (χ1n) is 3.67. The van der Waals surface area contributed by atoms with Crippen LogP contribution in [-0.4, -0.2) is 0 Å². The number of nitrogen functional groups attached to an aromatic ring is 1. The van der Waals surface area contributed by atoms with Crippen molar-refractivity contribution in [2.45, 2.75) is 12.4 Å². The van der Waals surface area contributed by atoms with Gasteiger partial charge in [-0.15, -0.1) is 0 Å². The highest BCUT2D eigenvalue weighted by molar-refractivity contribution is 5.53. The lowest BCUT2D eigenvalue weighted by atomic mass is 10.0. The van der Waals surface area contributed by atoms with Crippen molar-refractivity contribution in [1.82, 2.24) is 0 Å². The van der Waals surface area contributed by atoms with E-state index in [4.69, 9.17) is 5.73 Å². The first-order chi connectivity index (χ1) is 6.64. The van der Waals surface area contributed by atoms with Gasteiger partial charge in [0.15, 0.2) is 0 Å². The summed E-state index contributed by atoms with van der Waals surface area (Å²) in [7, 11) is 0. The average Bonchev–Trinajstić information content (AvgIpc) is 1.99. The molecule has 1 rings (SSSR count). The number of alkyl halides is 6. The molecular formula is C8H5F6N. The van der Waals surface area contributed by atoms with Crippen molar-refractivity contribution < 1.29 is 26.3 Å². The van der Waals surface area contributed by atoms with Gasteiger partial charge in [0.1, 0.15) is 0 Å². The van der Waals surface area contributed by atoms with E-state index in [0.717, 1.165) is 12.1 Å². The molecule has 0 fully saturated rings. The molecule has 0 aliphatic carbocycles. The van der Waals surface area contributed by atoms with E-state index in [1.165, 1.54) is 0 Å². The van der Waals surface area contributed by atoms with Crippen LogP contribution < -0.4 is 5.73 Å². The minimum absolute atomic E-state index is 0.346. The Labute approximate surface area is 80.5 Å². The molecule has 0 radical (unpaired) electrons. The summed E-state index contributed by atoms with van der Waals surface area (Å²) >= 11 is 0. The molecule has 0 saturated carbocycles. The molecule has 1 aromatic carbocycles. The van der Waals surface area contributed by atoms with Crippen LogP contribution in [-0.2, 0) is 12.4 Å². The smallest absolute Gasteiger partial charge is 0.398 e. The van der Waals surface area contributed by atoms with Gasteiger partial charge in [-0.1, -0.05) is 6.07 Å². The summed E-state index contributed by atoms with van der Waals surface area (Å²) < 4.78 is 73.4. The van der Waals surface area contributed by atoms with Crippen molar-refractivity contribution in [3.05, 3.63) is 29.3 Å². The van der Waals surface area contributed by atoms with Crippen LogP contribution in [0.1, 0.15) is 11.1 Å². The van der Waals surface area contributed by atoms with Crippen molar-refractivity contribution in [2.75, 3.05) is 5.73 Å². The Balaban J connectivity index is 3.48. The van der Waals surface area contributed by atoms with E-state index < -0.39 is 29.2 Å². The SMILES string of the molecule is Nc1cccc(C(F)(F)F)c1C(F)(F)F. The second kappa shape index (κ2) is 3.32. The van der Waals surface area contributed by atoms with E-state index in [1.807, 2.05) is 0 Å². The Morgan fingerprint density at radius 2 is 1.40 bits per heavy atom. The van der Waals surface area contributed by atoms with Gasteiger partial charge in [-0.25, -0.2) is 0 Å². The summed E-state index contributed by atoms with van der Waals surface area (Å²) in [6.45, 7) is 0. The predicted molar refractivity (Wildman–Crippen MR) is 40.9 cm³/mol. The number of hydrogen-bond donors (Lipinski definition) is 1. The molecule has 0 spiro atoms. The normalized spacial score (nSPS) is 12.9. The zero-order valence-corrected chi connectivity index (χ0v) is 7.08. The molecule has 7 heteroatoms. The quantitative estimate of drug-likeness (QED) is 0.536. The van der Waals surface area contributed by atoms with Crippen LogP contribution in [0.4, 0.5) is 32.0 Å². The fraction of sp³-hybridized carbons (Fsp3) is 0.250. The minimum Gasteiger partial charge on any atom is -0.398 e. The molecule has 15 heavy (non-hydrogen) atoms. The lowest BCUT2D eigenvalue weighted by Gasteiger charge is -2.16. The zero-order valence-electron chi connectivity index (χ0n) is 7.08. The lowest BCUT2D eigenvalue weighted by Crippen LogP contribution is -2.18. The molecule has 2 N–H and O–H groups in total. The Kier molecular flexibility index (Phi) is 2.58. The van der Waals surface area contributed by atoms with Crippen LogP contribution in [0.3, 0.4) is 0 Å². The molecule has 1 nitrogen and oxygen atoms in total. The van der Waals surface area contributed by atoms with Gasteiger partial charge in [0, 0.05) is 5.69 Å². The zero-order chi connectivity index (χ0) is 11.9. The maximum atomic E-state index is 12.3.